The molecule has 0 saturated heterocycles. The van der Waals surface area contributed by atoms with Crippen LogP contribution in [-0.2, 0) is 0 Å². The third kappa shape index (κ3) is 1.76. The average molecular weight is 253 g/mol. The molecule has 1 aromatic carbocycles. The fraction of sp³-hybridized carbons (Fsp3) is 0. The van der Waals surface area contributed by atoms with Gasteiger partial charge in [-0.2, -0.15) is 0 Å². The van der Waals surface area contributed by atoms with Crippen molar-refractivity contribution in [2.45, 2.75) is 0 Å². The van der Waals surface area contributed by atoms with Crippen molar-refractivity contribution in [3.8, 4) is 11.3 Å². The lowest BCUT2D eigenvalue weighted by Gasteiger charge is -2.05. The molecule has 0 atom stereocenters. The second-order valence-corrected chi connectivity index (χ2v) is 4.46. The van der Waals surface area contributed by atoms with Crippen LogP contribution in [0, 0.1) is 0 Å². The fourth-order valence-corrected chi connectivity index (χ4v) is 2.14. The summed E-state index contributed by atoms with van der Waals surface area (Å²) in [6.07, 6.45) is 1.92. The molecule has 3 N–H and O–H groups in total. The Morgan fingerprint density at radius 2 is 1.94 bits per heavy atom. The van der Waals surface area contributed by atoms with Crippen molar-refractivity contribution >= 4 is 28.1 Å². The Morgan fingerprint density at radius 3 is 2.78 bits per heavy atom. The minimum Gasteiger partial charge on any atom is -0.388 e. The summed E-state index contributed by atoms with van der Waals surface area (Å²) < 4.78 is 0. The van der Waals surface area contributed by atoms with E-state index in [0.717, 1.165) is 22.2 Å². The third-order valence-corrected chi connectivity index (χ3v) is 3.08. The molecule has 0 radical (unpaired) electrons. The molecule has 88 valence electrons. The van der Waals surface area contributed by atoms with E-state index in [1.165, 1.54) is 0 Å². The molecule has 0 fully saturated rings. The van der Waals surface area contributed by atoms with Crippen molar-refractivity contribution in [1.29, 1.82) is 0 Å². The van der Waals surface area contributed by atoms with Crippen LogP contribution in [0.5, 0.6) is 0 Å². The summed E-state index contributed by atoms with van der Waals surface area (Å²) in [6.45, 7) is 0. The normalized spacial score (nSPS) is 10.7. The number of rotatable bonds is 2. The number of nitrogens with one attached hydrogen (secondary N) is 1. The summed E-state index contributed by atoms with van der Waals surface area (Å²) in [5.41, 5.74) is 9.31. The summed E-state index contributed by atoms with van der Waals surface area (Å²) in [6, 6.07) is 13.8. The van der Waals surface area contributed by atoms with Crippen LogP contribution in [0.3, 0.4) is 0 Å². The van der Waals surface area contributed by atoms with E-state index in [0.29, 0.717) is 10.7 Å². The molecule has 0 aliphatic rings. The smallest absolute Gasteiger partial charge is 0.122 e. The molecule has 0 spiro atoms. The number of benzene rings is 1. The summed E-state index contributed by atoms with van der Waals surface area (Å²) in [4.78, 5) is 8.00. The highest BCUT2D eigenvalue weighted by Crippen LogP contribution is 2.26. The Bertz CT molecular complexity index is 730. The van der Waals surface area contributed by atoms with E-state index >= 15 is 0 Å². The number of nitrogens with zero attached hydrogens (tertiary/aromatic N) is 1. The van der Waals surface area contributed by atoms with Crippen LogP contribution in [0.1, 0.15) is 5.69 Å². The van der Waals surface area contributed by atoms with Crippen LogP contribution in [-0.4, -0.2) is 15.0 Å². The van der Waals surface area contributed by atoms with Crippen LogP contribution < -0.4 is 5.73 Å². The Hall–Kier alpha value is -2.20. The second-order valence-electron chi connectivity index (χ2n) is 4.02. The number of fused-ring (bicyclic) bond motifs is 1. The summed E-state index contributed by atoms with van der Waals surface area (Å²) in [7, 11) is 0. The largest absolute Gasteiger partial charge is 0.388 e. The summed E-state index contributed by atoms with van der Waals surface area (Å²) in [5.74, 6) is 0. The van der Waals surface area contributed by atoms with Gasteiger partial charge in [0.2, 0.25) is 0 Å². The van der Waals surface area contributed by atoms with E-state index in [2.05, 4.69) is 9.97 Å². The first-order valence-corrected chi connectivity index (χ1v) is 6.00. The lowest BCUT2D eigenvalue weighted by molar-refractivity contribution is 1.30. The van der Waals surface area contributed by atoms with Gasteiger partial charge in [-0.25, -0.2) is 4.98 Å². The number of pyridine rings is 1. The van der Waals surface area contributed by atoms with Gasteiger partial charge in [0.1, 0.15) is 4.99 Å². The molecule has 0 aliphatic carbocycles. The molecule has 4 heteroatoms. The first-order chi connectivity index (χ1) is 8.75. The molecule has 0 aliphatic heterocycles. The molecule has 0 saturated carbocycles. The average Bonchev–Trinajstić information content (AvgIpc) is 2.87. The van der Waals surface area contributed by atoms with Crippen LogP contribution in [0.2, 0.25) is 0 Å². The molecule has 18 heavy (non-hydrogen) atoms. The molecule has 0 unspecified atom stereocenters. The second kappa shape index (κ2) is 4.23. The fourth-order valence-electron chi connectivity index (χ4n) is 2.03. The van der Waals surface area contributed by atoms with Gasteiger partial charge in [0.15, 0.2) is 0 Å². The van der Waals surface area contributed by atoms with Crippen molar-refractivity contribution in [2.24, 2.45) is 5.73 Å². The van der Waals surface area contributed by atoms with E-state index < -0.39 is 0 Å². The molecule has 2 heterocycles. The maximum atomic E-state index is 5.62. The number of aromatic nitrogens is 2. The van der Waals surface area contributed by atoms with Crippen molar-refractivity contribution in [2.75, 3.05) is 0 Å². The number of aromatic amines is 1. The Morgan fingerprint density at radius 1 is 1.11 bits per heavy atom. The zero-order valence-corrected chi connectivity index (χ0v) is 10.4. The molecule has 3 rings (SSSR count). The molecule has 2 aromatic heterocycles. The van der Waals surface area contributed by atoms with Gasteiger partial charge in [0.25, 0.3) is 0 Å². The van der Waals surface area contributed by atoms with Gasteiger partial charge in [-0.1, -0.05) is 30.4 Å². The predicted molar refractivity (Wildman–Crippen MR) is 77.4 cm³/mol. The lowest BCUT2D eigenvalue weighted by atomic mass is 10.1. The summed E-state index contributed by atoms with van der Waals surface area (Å²) in [5, 5.41) is 1.14. The first-order valence-electron chi connectivity index (χ1n) is 5.59. The quantitative estimate of drug-likeness (QED) is 0.690. The van der Waals surface area contributed by atoms with Crippen molar-refractivity contribution < 1.29 is 0 Å². The highest BCUT2D eigenvalue weighted by molar-refractivity contribution is 7.80. The van der Waals surface area contributed by atoms with Crippen molar-refractivity contribution in [1.82, 2.24) is 9.97 Å². The van der Waals surface area contributed by atoms with Crippen molar-refractivity contribution in [3.63, 3.8) is 0 Å². The van der Waals surface area contributed by atoms with Gasteiger partial charge < -0.3 is 10.7 Å². The Kier molecular flexibility index (Phi) is 2.57. The predicted octanol–water partition coefficient (Wildman–Crippen LogP) is 2.86. The summed E-state index contributed by atoms with van der Waals surface area (Å²) >= 11 is 4.96. The zero-order valence-electron chi connectivity index (χ0n) is 9.55. The molecule has 3 nitrogen and oxygen atoms in total. The van der Waals surface area contributed by atoms with Crippen LogP contribution in [0.15, 0.2) is 48.7 Å². The van der Waals surface area contributed by atoms with Crippen LogP contribution in [0.4, 0.5) is 0 Å². The third-order valence-electron chi connectivity index (χ3n) is 2.87. The first kappa shape index (κ1) is 10.9. The van der Waals surface area contributed by atoms with Gasteiger partial charge in [-0.3, -0.25) is 0 Å². The van der Waals surface area contributed by atoms with Crippen molar-refractivity contribution in [3.05, 3.63) is 54.4 Å². The highest BCUT2D eigenvalue weighted by atomic mass is 32.1. The zero-order chi connectivity index (χ0) is 12.5. The van der Waals surface area contributed by atoms with Gasteiger partial charge in [-0.15, -0.1) is 0 Å². The van der Waals surface area contributed by atoms with E-state index in [1.807, 2.05) is 48.7 Å². The van der Waals surface area contributed by atoms with E-state index in [9.17, 15) is 0 Å². The number of nitrogens with two attached hydrogens (primary N) is 1. The molecule has 3 aromatic rings. The molecular weight excluding hydrogens is 242 g/mol. The minimum absolute atomic E-state index is 0.318. The number of thiocarbonyl (C=S) groups is 1. The number of hydrogen-bond donors (Lipinski definition) is 2. The van der Waals surface area contributed by atoms with Gasteiger partial charge in [0, 0.05) is 22.7 Å². The Balaban J connectivity index is 2.23. The van der Waals surface area contributed by atoms with E-state index in [-0.39, 0.29) is 0 Å². The number of H-pyrrole nitrogens is 1. The Labute approximate surface area is 110 Å². The SMILES string of the molecule is NC(=S)c1cccc(-c2cccc3[nH]ccc23)n1. The lowest BCUT2D eigenvalue weighted by Crippen LogP contribution is -2.11. The van der Waals surface area contributed by atoms with Crippen LogP contribution in [0.25, 0.3) is 22.2 Å². The highest BCUT2D eigenvalue weighted by Gasteiger charge is 2.07. The van der Waals surface area contributed by atoms with Gasteiger partial charge in [-0.05, 0) is 24.3 Å². The minimum atomic E-state index is 0.318. The van der Waals surface area contributed by atoms with Crippen LogP contribution >= 0.6 is 12.2 Å². The van der Waals surface area contributed by atoms with E-state index in [1.54, 1.807) is 0 Å². The molecule has 0 bridgehead atoms. The standard InChI is InChI=1S/C14H11N3S/c15-14(18)13-6-2-5-12(17-13)9-3-1-4-11-10(9)7-8-16-11/h1-8,16H,(H2,15,18). The maximum absolute atomic E-state index is 5.62. The van der Waals surface area contributed by atoms with Gasteiger partial charge in [0.05, 0.1) is 11.4 Å². The van der Waals surface area contributed by atoms with E-state index in [4.69, 9.17) is 18.0 Å². The monoisotopic (exact) mass is 253 g/mol. The van der Waals surface area contributed by atoms with Gasteiger partial charge >= 0.3 is 0 Å². The number of hydrogen-bond acceptors (Lipinski definition) is 2. The molecule has 0 amide bonds. The molecular formula is C14H11N3S. The topological polar surface area (TPSA) is 54.7 Å². The maximum Gasteiger partial charge on any atom is 0.122 e.